The lowest BCUT2D eigenvalue weighted by atomic mass is 10.0. The minimum absolute atomic E-state index is 0.119. The van der Waals surface area contributed by atoms with E-state index in [0.717, 1.165) is 28.5 Å². The molecule has 2 aromatic heterocycles. The van der Waals surface area contributed by atoms with Crippen molar-refractivity contribution in [3.63, 3.8) is 0 Å². The molecule has 2 aromatic carbocycles. The Kier molecular flexibility index (Phi) is 6.64. The number of anilines is 2. The van der Waals surface area contributed by atoms with Crippen LogP contribution in [-0.4, -0.2) is 56.3 Å². The summed E-state index contributed by atoms with van der Waals surface area (Å²) in [4.78, 5) is 27.3. The fourth-order valence-corrected chi connectivity index (χ4v) is 5.85. The van der Waals surface area contributed by atoms with E-state index in [-0.39, 0.29) is 6.42 Å². The first-order valence-corrected chi connectivity index (χ1v) is 13.4. The summed E-state index contributed by atoms with van der Waals surface area (Å²) < 4.78 is 8.10. The first kappa shape index (κ1) is 25.5. The lowest BCUT2D eigenvalue weighted by Crippen LogP contribution is -2.55. The number of carboxylic acid groups (broad SMARTS) is 1. The zero-order chi connectivity index (χ0) is 27.8. The normalized spacial score (nSPS) is 16.7. The Bertz CT molecular complexity index is 1620. The van der Waals surface area contributed by atoms with Gasteiger partial charge in [-0.05, 0) is 36.1 Å². The van der Waals surface area contributed by atoms with Gasteiger partial charge >= 0.3 is 12.1 Å². The van der Waals surface area contributed by atoms with Gasteiger partial charge < -0.3 is 29.1 Å². The van der Waals surface area contributed by atoms with Gasteiger partial charge in [0.1, 0.15) is 12.4 Å². The van der Waals surface area contributed by atoms with E-state index >= 15 is 0 Å². The molecule has 0 radical (unpaired) electrons. The summed E-state index contributed by atoms with van der Waals surface area (Å²) >= 11 is 0. The molecule has 1 N–H and O–H groups in total. The number of hydrogen-bond donors (Lipinski definition) is 1. The number of nitrogens with zero attached hydrogens (tertiary/aromatic N) is 7. The van der Waals surface area contributed by atoms with Crippen LogP contribution in [0.2, 0.25) is 0 Å². The maximum absolute atomic E-state index is 11.8. The molecule has 6 rings (SSSR count). The molecular weight excluding hydrogens is 506 g/mol. The number of fused-ring (bicyclic) bond motifs is 2. The highest BCUT2D eigenvalue weighted by molar-refractivity contribution is 5.97. The molecule has 0 saturated carbocycles. The summed E-state index contributed by atoms with van der Waals surface area (Å²) in [6.07, 6.45) is 1.08. The van der Waals surface area contributed by atoms with Crippen LogP contribution < -0.4 is 14.5 Å². The van der Waals surface area contributed by atoms with Crippen LogP contribution in [-0.2, 0) is 26.7 Å². The van der Waals surface area contributed by atoms with E-state index < -0.39 is 12.1 Å². The van der Waals surface area contributed by atoms with Crippen molar-refractivity contribution in [2.75, 3.05) is 29.4 Å². The molecule has 1 atom stereocenters. The fraction of sp³-hybridized carbons (Fsp3) is 0.333. The standard InChI is InChI=1S/C30H31N7O3/c1-20-6-3-7-21-8-4-10-26(27(20)21)36-17-24-25(18-36)32-29(40-19-23-9-5-13-34(23)2)33-28(24)35-14-15-37(30(38)39)22(16-35)11-12-31/h3-10,13,22H,11,14-19H2,1-2H3,(H,38,39). The summed E-state index contributed by atoms with van der Waals surface area (Å²) in [5.41, 5.74) is 5.27. The van der Waals surface area contributed by atoms with Crippen LogP contribution in [0.25, 0.3) is 10.8 Å². The zero-order valence-electron chi connectivity index (χ0n) is 22.6. The van der Waals surface area contributed by atoms with E-state index in [0.29, 0.717) is 45.3 Å². The van der Waals surface area contributed by atoms with E-state index in [2.05, 4.69) is 59.2 Å². The van der Waals surface area contributed by atoms with Crippen molar-refractivity contribution >= 4 is 28.4 Å². The smallest absolute Gasteiger partial charge is 0.407 e. The molecule has 204 valence electrons. The van der Waals surface area contributed by atoms with Crippen molar-refractivity contribution in [1.29, 1.82) is 5.26 Å². The van der Waals surface area contributed by atoms with Gasteiger partial charge in [-0.1, -0.05) is 30.3 Å². The van der Waals surface area contributed by atoms with Gasteiger partial charge in [0.25, 0.3) is 0 Å². The van der Waals surface area contributed by atoms with Crippen LogP contribution in [0.5, 0.6) is 6.01 Å². The Morgan fingerprint density at radius 3 is 2.67 bits per heavy atom. The van der Waals surface area contributed by atoms with E-state index in [1.54, 1.807) is 0 Å². The second-order valence-corrected chi connectivity index (χ2v) is 10.4. The molecule has 10 nitrogen and oxygen atoms in total. The number of carbonyl (C=O) groups is 1. The molecule has 0 aliphatic carbocycles. The van der Waals surface area contributed by atoms with Gasteiger partial charge in [-0.3, -0.25) is 0 Å². The maximum atomic E-state index is 11.8. The molecule has 1 fully saturated rings. The molecule has 1 saturated heterocycles. The number of benzene rings is 2. The van der Waals surface area contributed by atoms with Crippen molar-refractivity contribution in [2.24, 2.45) is 7.05 Å². The van der Waals surface area contributed by atoms with E-state index in [1.807, 2.05) is 29.9 Å². The maximum Gasteiger partial charge on any atom is 0.407 e. The molecule has 4 aromatic rings. The number of rotatable bonds is 6. The molecule has 40 heavy (non-hydrogen) atoms. The van der Waals surface area contributed by atoms with Crippen molar-refractivity contribution in [3.8, 4) is 12.1 Å². The van der Waals surface area contributed by atoms with Crippen molar-refractivity contribution in [2.45, 2.75) is 39.1 Å². The number of nitriles is 1. The molecule has 4 heterocycles. The third-order valence-corrected chi connectivity index (χ3v) is 7.93. The van der Waals surface area contributed by atoms with E-state index in [9.17, 15) is 15.2 Å². The first-order chi connectivity index (χ1) is 19.4. The molecule has 0 spiro atoms. The van der Waals surface area contributed by atoms with Crippen LogP contribution in [0.4, 0.5) is 16.3 Å². The highest BCUT2D eigenvalue weighted by Gasteiger charge is 2.35. The third kappa shape index (κ3) is 4.64. The van der Waals surface area contributed by atoms with Gasteiger partial charge in [-0.25, -0.2) is 4.79 Å². The van der Waals surface area contributed by atoms with Crippen LogP contribution in [0.3, 0.4) is 0 Å². The Labute approximate surface area is 232 Å². The molecule has 10 heteroatoms. The lowest BCUT2D eigenvalue weighted by Gasteiger charge is -2.40. The molecule has 1 amide bonds. The quantitative estimate of drug-likeness (QED) is 0.384. The highest BCUT2D eigenvalue weighted by atomic mass is 16.5. The predicted molar refractivity (Wildman–Crippen MR) is 151 cm³/mol. The van der Waals surface area contributed by atoms with Crippen molar-refractivity contribution < 1.29 is 14.6 Å². The van der Waals surface area contributed by atoms with Gasteiger partial charge in [-0.15, -0.1) is 0 Å². The van der Waals surface area contributed by atoms with E-state index in [4.69, 9.17) is 14.7 Å². The zero-order valence-corrected chi connectivity index (χ0v) is 22.6. The van der Waals surface area contributed by atoms with Crippen molar-refractivity contribution in [3.05, 3.63) is 77.2 Å². The summed E-state index contributed by atoms with van der Waals surface area (Å²) in [5, 5.41) is 21.5. The number of hydrogen-bond acceptors (Lipinski definition) is 7. The van der Waals surface area contributed by atoms with Crippen molar-refractivity contribution in [1.82, 2.24) is 19.4 Å². The summed E-state index contributed by atoms with van der Waals surface area (Å²) in [5.74, 6) is 0.749. The Morgan fingerprint density at radius 1 is 1.10 bits per heavy atom. The summed E-state index contributed by atoms with van der Waals surface area (Å²) in [7, 11) is 1.97. The minimum atomic E-state index is -1.00. The second kappa shape index (κ2) is 10.4. The lowest BCUT2D eigenvalue weighted by molar-refractivity contribution is 0.119. The molecular formula is C30H31N7O3. The summed E-state index contributed by atoms with van der Waals surface area (Å²) in [6.45, 7) is 4.85. The van der Waals surface area contributed by atoms with Gasteiger partial charge in [0, 0.05) is 56.1 Å². The fourth-order valence-electron chi connectivity index (χ4n) is 5.85. The summed E-state index contributed by atoms with van der Waals surface area (Å²) in [6, 6.07) is 18.7. The third-order valence-electron chi connectivity index (χ3n) is 7.93. The molecule has 2 aliphatic heterocycles. The van der Waals surface area contributed by atoms with Gasteiger partial charge in [-0.2, -0.15) is 15.2 Å². The SMILES string of the molecule is Cc1cccc2cccc(N3Cc4nc(OCc5cccn5C)nc(N5CCN(C(=O)O)C(CC#N)C5)c4C3)c12. The Morgan fingerprint density at radius 2 is 1.93 bits per heavy atom. The topological polar surface area (TPSA) is 111 Å². The van der Waals surface area contributed by atoms with Crippen LogP contribution >= 0.6 is 0 Å². The van der Waals surface area contributed by atoms with Gasteiger partial charge in [0.05, 0.1) is 36.5 Å². The number of piperazine rings is 1. The number of amides is 1. The van der Waals surface area contributed by atoms with Crippen LogP contribution in [0.15, 0.2) is 54.7 Å². The number of aryl methyl sites for hydroxylation is 2. The largest absolute Gasteiger partial charge is 0.465 e. The van der Waals surface area contributed by atoms with Crippen LogP contribution in [0, 0.1) is 18.3 Å². The minimum Gasteiger partial charge on any atom is -0.465 e. The molecule has 0 bridgehead atoms. The first-order valence-electron chi connectivity index (χ1n) is 13.4. The molecule has 1 unspecified atom stereocenters. The van der Waals surface area contributed by atoms with E-state index in [1.165, 1.54) is 21.2 Å². The average Bonchev–Trinajstić information content (AvgIpc) is 3.57. The second-order valence-electron chi connectivity index (χ2n) is 10.4. The highest BCUT2D eigenvalue weighted by Crippen LogP contribution is 2.38. The van der Waals surface area contributed by atoms with Crippen LogP contribution in [0.1, 0.15) is 28.9 Å². The average molecular weight is 538 g/mol. The Balaban J connectivity index is 1.37. The van der Waals surface area contributed by atoms with Gasteiger partial charge in [0.2, 0.25) is 0 Å². The van der Waals surface area contributed by atoms with Gasteiger partial charge in [0.15, 0.2) is 0 Å². The monoisotopic (exact) mass is 537 g/mol. The molecule has 2 aliphatic rings. The number of ether oxygens (including phenoxy) is 1. The Hall–Kier alpha value is -4.78. The predicted octanol–water partition coefficient (Wildman–Crippen LogP) is 4.46. The number of aromatic nitrogens is 3.